The molecule has 0 bridgehead atoms. The molecule has 152 valence electrons. The lowest BCUT2D eigenvalue weighted by Gasteiger charge is -2.34. The maximum atomic E-state index is 12.7. The van der Waals surface area contributed by atoms with Crippen molar-refractivity contribution in [3.05, 3.63) is 29.8 Å². The van der Waals surface area contributed by atoms with Crippen molar-refractivity contribution < 1.29 is 21.6 Å². The SMILES string of the molecule is CCCS(=O)(=O)Nc1cccc(C(=O)N2CCN(CCS(C)(=O)=O)CC2)c1. The van der Waals surface area contributed by atoms with Gasteiger partial charge in [0.1, 0.15) is 9.84 Å². The molecule has 1 fully saturated rings. The van der Waals surface area contributed by atoms with Crippen LogP contribution in [-0.4, -0.2) is 83.0 Å². The van der Waals surface area contributed by atoms with E-state index in [0.717, 1.165) is 0 Å². The fourth-order valence-corrected chi connectivity index (χ4v) is 4.58. The van der Waals surface area contributed by atoms with E-state index in [4.69, 9.17) is 0 Å². The fraction of sp³-hybridized carbons (Fsp3) is 0.588. The lowest BCUT2D eigenvalue weighted by molar-refractivity contribution is 0.0644. The molecule has 0 unspecified atom stereocenters. The van der Waals surface area contributed by atoms with Crippen LogP contribution in [0.5, 0.6) is 0 Å². The summed E-state index contributed by atoms with van der Waals surface area (Å²) in [5.74, 6) is -0.0177. The summed E-state index contributed by atoms with van der Waals surface area (Å²) in [6.07, 6.45) is 1.73. The zero-order valence-electron chi connectivity index (χ0n) is 15.7. The second kappa shape index (κ2) is 9.03. The molecule has 8 nitrogen and oxygen atoms in total. The molecule has 1 aromatic rings. The van der Waals surface area contributed by atoms with Gasteiger partial charge >= 0.3 is 0 Å². The van der Waals surface area contributed by atoms with Gasteiger partial charge in [-0.15, -0.1) is 0 Å². The molecule has 0 aliphatic carbocycles. The number of hydrogen-bond donors (Lipinski definition) is 1. The topological polar surface area (TPSA) is 104 Å². The normalized spacial score (nSPS) is 16.3. The molecule has 1 heterocycles. The molecule has 1 saturated heterocycles. The van der Waals surface area contributed by atoms with E-state index in [1.54, 1.807) is 36.1 Å². The number of piperazine rings is 1. The van der Waals surface area contributed by atoms with Crippen LogP contribution in [0.4, 0.5) is 5.69 Å². The smallest absolute Gasteiger partial charge is 0.254 e. The number of hydrogen-bond acceptors (Lipinski definition) is 6. The standard InChI is InChI=1S/C17H27N3O5S2/c1-3-12-27(24,25)18-16-6-4-5-15(14-16)17(21)20-9-7-19(8-10-20)11-13-26(2,22)23/h4-6,14,18H,3,7-13H2,1-2H3. The summed E-state index contributed by atoms with van der Waals surface area (Å²) >= 11 is 0. The Labute approximate surface area is 161 Å². The summed E-state index contributed by atoms with van der Waals surface area (Å²) in [6, 6.07) is 6.48. The lowest BCUT2D eigenvalue weighted by Crippen LogP contribution is -2.49. The largest absolute Gasteiger partial charge is 0.336 e. The Morgan fingerprint density at radius 3 is 2.33 bits per heavy atom. The van der Waals surface area contributed by atoms with Crippen LogP contribution in [0.25, 0.3) is 0 Å². The second-order valence-electron chi connectivity index (χ2n) is 6.77. The van der Waals surface area contributed by atoms with Gasteiger partial charge in [-0.2, -0.15) is 0 Å². The minimum atomic E-state index is -3.41. The van der Waals surface area contributed by atoms with Crippen LogP contribution in [0.2, 0.25) is 0 Å². The number of anilines is 1. The highest BCUT2D eigenvalue weighted by Crippen LogP contribution is 2.16. The number of sulfonamides is 1. The van der Waals surface area contributed by atoms with Gasteiger partial charge in [-0.1, -0.05) is 13.0 Å². The highest BCUT2D eigenvalue weighted by molar-refractivity contribution is 7.92. The molecule has 1 aromatic carbocycles. The van der Waals surface area contributed by atoms with Crippen LogP contribution in [0, 0.1) is 0 Å². The van der Waals surface area contributed by atoms with E-state index < -0.39 is 19.9 Å². The Morgan fingerprint density at radius 2 is 1.74 bits per heavy atom. The Balaban J connectivity index is 1.96. The zero-order chi connectivity index (χ0) is 20.1. The zero-order valence-corrected chi connectivity index (χ0v) is 17.4. The van der Waals surface area contributed by atoms with Crippen molar-refractivity contribution in [2.24, 2.45) is 0 Å². The van der Waals surface area contributed by atoms with Crippen LogP contribution >= 0.6 is 0 Å². The average molecular weight is 418 g/mol. The van der Waals surface area contributed by atoms with Crippen LogP contribution in [-0.2, 0) is 19.9 Å². The molecular formula is C17H27N3O5S2. The van der Waals surface area contributed by atoms with Gasteiger partial charge in [0.05, 0.1) is 11.5 Å². The highest BCUT2D eigenvalue weighted by Gasteiger charge is 2.23. The van der Waals surface area contributed by atoms with Crippen molar-refractivity contribution in [2.75, 3.05) is 55.2 Å². The number of carbonyl (C=O) groups excluding carboxylic acids is 1. The van der Waals surface area contributed by atoms with Gasteiger partial charge in [0.15, 0.2) is 0 Å². The van der Waals surface area contributed by atoms with Crippen molar-refractivity contribution in [3.8, 4) is 0 Å². The van der Waals surface area contributed by atoms with E-state index in [1.165, 1.54) is 6.26 Å². The van der Waals surface area contributed by atoms with Gasteiger partial charge in [-0.25, -0.2) is 16.8 Å². The van der Waals surface area contributed by atoms with Gasteiger partial charge in [-0.05, 0) is 24.6 Å². The van der Waals surface area contributed by atoms with Gasteiger partial charge in [0, 0.05) is 50.2 Å². The quantitative estimate of drug-likeness (QED) is 0.666. The van der Waals surface area contributed by atoms with Crippen molar-refractivity contribution in [1.82, 2.24) is 9.80 Å². The molecule has 0 atom stereocenters. The molecule has 1 amide bonds. The molecule has 0 spiro atoms. The van der Waals surface area contributed by atoms with E-state index in [-0.39, 0.29) is 17.4 Å². The van der Waals surface area contributed by atoms with E-state index in [1.807, 2.05) is 4.90 Å². The highest BCUT2D eigenvalue weighted by atomic mass is 32.2. The number of rotatable bonds is 8. The number of sulfone groups is 1. The van der Waals surface area contributed by atoms with Crippen LogP contribution in [0.3, 0.4) is 0 Å². The molecule has 10 heteroatoms. The van der Waals surface area contributed by atoms with Gasteiger partial charge in [0.25, 0.3) is 5.91 Å². The predicted octanol–water partition coefficient (Wildman–Crippen LogP) is 0.641. The van der Waals surface area contributed by atoms with Crippen LogP contribution in [0.1, 0.15) is 23.7 Å². The summed E-state index contributed by atoms with van der Waals surface area (Å²) in [7, 11) is -6.41. The van der Waals surface area contributed by atoms with Crippen molar-refractivity contribution in [2.45, 2.75) is 13.3 Å². The monoisotopic (exact) mass is 417 g/mol. The van der Waals surface area contributed by atoms with Crippen molar-refractivity contribution >= 4 is 31.5 Å². The molecule has 27 heavy (non-hydrogen) atoms. The number of carbonyl (C=O) groups is 1. The Kier molecular flexibility index (Phi) is 7.24. The van der Waals surface area contributed by atoms with Gasteiger partial charge in [-0.3, -0.25) is 14.4 Å². The van der Waals surface area contributed by atoms with Gasteiger partial charge in [0.2, 0.25) is 10.0 Å². The molecule has 1 N–H and O–H groups in total. The molecular weight excluding hydrogens is 390 g/mol. The van der Waals surface area contributed by atoms with E-state index >= 15 is 0 Å². The van der Waals surface area contributed by atoms with E-state index in [9.17, 15) is 21.6 Å². The fourth-order valence-electron chi connectivity index (χ4n) is 2.87. The third-order valence-corrected chi connectivity index (χ3v) is 6.71. The predicted molar refractivity (Wildman–Crippen MR) is 106 cm³/mol. The lowest BCUT2D eigenvalue weighted by atomic mass is 10.1. The molecule has 2 rings (SSSR count). The Hall–Kier alpha value is -1.65. The molecule has 0 aromatic heterocycles. The summed E-state index contributed by atoms with van der Waals surface area (Å²) in [4.78, 5) is 16.4. The molecule has 0 radical (unpaired) electrons. The minimum absolute atomic E-state index is 0.0284. The second-order valence-corrected chi connectivity index (χ2v) is 10.9. The summed E-state index contributed by atoms with van der Waals surface area (Å²) < 4.78 is 48.8. The summed E-state index contributed by atoms with van der Waals surface area (Å²) in [5, 5.41) is 0. The number of amides is 1. The Morgan fingerprint density at radius 1 is 1.07 bits per heavy atom. The summed E-state index contributed by atoms with van der Waals surface area (Å²) in [6.45, 7) is 4.50. The van der Waals surface area contributed by atoms with E-state index in [0.29, 0.717) is 50.4 Å². The molecule has 1 aliphatic rings. The van der Waals surface area contributed by atoms with Crippen LogP contribution < -0.4 is 4.72 Å². The van der Waals surface area contributed by atoms with Crippen LogP contribution in [0.15, 0.2) is 24.3 Å². The van der Waals surface area contributed by atoms with Gasteiger partial charge < -0.3 is 4.90 Å². The number of nitrogens with zero attached hydrogens (tertiary/aromatic N) is 2. The molecule has 0 saturated carbocycles. The first-order chi connectivity index (χ1) is 12.6. The molecule has 1 aliphatic heterocycles. The maximum Gasteiger partial charge on any atom is 0.254 e. The first kappa shape index (κ1) is 21.6. The average Bonchev–Trinajstić information content (AvgIpc) is 2.59. The first-order valence-corrected chi connectivity index (χ1v) is 12.6. The third-order valence-electron chi connectivity index (χ3n) is 4.29. The Bertz CT molecular complexity index is 860. The number of nitrogens with one attached hydrogen (secondary N) is 1. The maximum absolute atomic E-state index is 12.7. The van der Waals surface area contributed by atoms with Crippen molar-refractivity contribution in [3.63, 3.8) is 0 Å². The van der Waals surface area contributed by atoms with E-state index in [2.05, 4.69) is 4.72 Å². The number of benzene rings is 1. The first-order valence-electron chi connectivity index (χ1n) is 8.89. The van der Waals surface area contributed by atoms with Crippen molar-refractivity contribution in [1.29, 1.82) is 0 Å². The minimum Gasteiger partial charge on any atom is -0.336 e. The summed E-state index contributed by atoms with van der Waals surface area (Å²) in [5.41, 5.74) is 0.803. The third kappa shape index (κ3) is 7.11.